The summed E-state index contributed by atoms with van der Waals surface area (Å²) in [5.41, 5.74) is 0. The van der Waals surface area contributed by atoms with E-state index in [-0.39, 0.29) is 18.6 Å². The van der Waals surface area contributed by atoms with Crippen molar-refractivity contribution < 1.29 is 9.90 Å². The van der Waals surface area contributed by atoms with E-state index in [2.05, 4.69) is 5.32 Å². The average Bonchev–Trinajstić information content (AvgIpc) is 2.79. The second-order valence-electron chi connectivity index (χ2n) is 5.67. The van der Waals surface area contributed by atoms with Gasteiger partial charge in [-0.2, -0.15) is 0 Å². The highest BCUT2D eigenvalue weighted by molar-refractivity contribution is 5.76. The highest BCUT2D eigenvalue weighted by Crippen LogP contribution is 2.20. The Bertz CT molecular complexity index is 265. The number of carbonyl (C=O) groups is 1. The first-order valence-electron chi connectivity index (χ1n) is 7.42. The molecule has 2 atom stereocenters. The number of amides is 1. The third kappa shape index (κ3) is 3.69. The summed E-state index contributed by atoms with van der Waals surface area (Å²) in [6.45, 7) is 3.13. The summed E-state index contributed by atoms with van der Waals surface area (Å²) < 4.78 is 0. The first-order chi connectivity index (χ1) is 8.81. The molecule has 2 aliphatic rings. The molecule has 2 unspecified atom stereocenters. The number of nitrogens with zero attached hydrogens (tertiary/aromatic N) is 1. The van der Waals surface area contributed by atoms with E-state index in [4.69, 9.17) is 0 Å². The number of likely N-dealkylation sites (tertiary alicyclic amines) is 1. The minimum atomic E-state index is 0.0710. The molecule has 2 aliphatic heterocycles. The number of aliphatic hydroxyl groups excluding tert-OH is 1. The van der Waals surface area contributed by atoms with Crippen molar-refractivity contribution in [2.45, 2.75) is 51.0 Å². The molecule has 4 nitrogen and oxygen atoms in total. The van der Waals surface area contributed by atoms with E-state index in [0.717, 1.165) is 45.3 Å². The molecule has 1 amide bonds. The van der Waals surface area contributed by atoms with Gasteiger partial charge in [-0.15, -0.1) is 0 Å². The van der Waals surface area contributed by atoms with Crippen LogP contribution in [-0.2, 0) is 4.79 Å². The highest BCUT2D eigenvalue weighted by atomic mass is 16.3. The topological polar surface area (TPSA) is 52.6 Å². The van der Waals surface area contributed by atoms with Gasteiger partial charge in [0.2, 0.25) is 5.91 Å². The zero-order valence-electron chi connectivity index (χ0n) is 11.2. The molecule has 0 saturated carbocycles. The monoisotopic (exact) mass is 254 g/mol. The van der Waals surface area contributed by atoms with Gasteiger partial charge in [-0.25, -0.2) is 0 Å². The molecule has 0 aromatic heterocycles. The van der Waals surface area contributed by atoms with Gasteiger partial charge in [0.25, 0.3) is 0 Å². The van der Waals surface area contributed by atoms with Crippen LogP contribution < -0.4 is 5.32 Å². The van der Waals surface area contributed by atoms with Gasteiger partial charge in [-0.05, 0) is 44.7 Å². The summed E-state index contributed by atoms with van der Waals surface area (Å²) in [4.78, 5) is 14.2. The summed E-state index contributed by atoms with van der Waals surface area (Å²) in [5.74, 6) is 0.927. The van der Waals surface area contributed by atoms with Crippen molar-refractivity contribution in [2.75, 3.05) is 26.2 Å². The summed E-state index contributed by atoms with van der Waals surface area (Å²) in [6.07, 6.45) is 7.24. The van der Waals surface area contributed by atoms with E-state index in [9.17, 15) is 9.90 Å². The van der Waals surface area contributed by atoms with Crippen LogP contribution in [0.2, 0.25) is 0 Å². The van der Waals surface area contributed by atoms with Crippen molar-refractivity contribution in [3.05, 3.63) is 0 Å². The molecule has 104 valence electrons. The molecule has 0 aromatic carbocycles. The second kappa shape index (κ2) is 7.10. The van der Waals surface area contributed by atoms with Crippen LogP contribution in [0.25, 0.3) is 0 Å². The molecule has 2 fully saturated rings. The minimum Gasteiger partial charge on any atom is -0.394 e. The van der Waals surface area contributed by atoms with Crippen LogP contribution in [0.5, 0.6) is 0 Å². The fraction of sp³-hybridized carbons (Fsp3) is 0.929. The molecule has 0 spiro atoms. The van der Waals surface area contributed by atoms with Crippen LogP contribution >= 0.6 is 0 Å². The molecule has 0 aliphatic carbocycles. The van der Waals surface area contributed by atoms with Gasteiger partial charge in [-0.3, -0.25) is 4.79 Å². The third-order valence-electron chi connectivity index (χ3n) is 4.34. The van der Waals surface area contributed by atoms with E-state index in [0.29, 0.717) is 12.3 Å². The second-order valence-corrected chi connectivity index (χ2v) is 5.67. The van der Waals surface area contributed by atoms with Crippen LogP contribution in [0.1, 0.15) is 44.9 Å². The summed E-state index contributed by atoms with van der Waals surface area (Å²) in [6, 6.07) is 0.0710. The Kier molecular flexibility index (Phi) is 5.45. The Hall–Kier alpha value is -0.610. The summed E-state index contributed by atoms with van der Waals surface area (Å²) in [7, 11) is 0. The number of rotatable bonds is 4. The Balaban J connectivity index is 1.80. The summed E-state index contributed by atoms with van der Waals surface area (Å²) >= 11 is 0. The predicted octanol–water partition coefficient (Wildman–Crippen LogP) is 1.14. The molecule has 4 heteroatoms. The van der Waals surface area contributed by atoms with E-state index < -0.39 is 0 Å². The van der Waals surface area contributed by atoms with Crippen molar-refractivity contribution in [3.8, 4) is 0 Å². The van der Waals surface area contributed by atoms with Gasteiger partial charge >= 0.3 is 0 Å². The zero-order valence-corrected chi connectivity index (χ0v) is 11.2. The first-order valence-corrected chi connectivity index (χ1v) is 7.42. The van der Waals surface area contributed by atoms with Gasteiger partial charge in [0.15, 0.2) is 0 Å². The Morgan fingerprint density at radius 3 is 2.89 bits per heavy atom. The number of nitrogens with one attached hydrogen (secondary N) is 1. The van der Waals surface area contributed by atoms with Gasteiger partial charge in [0, 0.05) is 13.0 Å². The predicted molar refractivity (Wildman–Crippen MR) is 71.3 cm³/mol. The Labute approximate surface area is 110 Å². The van der Waals surface area contributed by atoms with Crippen molar-refractivity contribution in [3.63, 3.8) is 0 Å². The largest absolute Gasteiger partial charge is 0.394 e. The zero-order chi connectivity index (χ0) is 12.8. The number of hydrogen-bond acceptors (Lipinski definition) is 3. The quantitative estimate of drug-likeness (QED) is 0.791. The molecular formula is C14H26N2O2. The van der Waals surface area contributed by atoms with Gasteiger partial charge < -0.3 is 15.3 Å². The molecule has 0 radical (unpaired) electrons. The highest BCUT2D eigenvalue weighted by Gasteiger charge is 2.25. The van der Waals surface area contributed by atoms with Crippen LogP contribution in [0.3, 0.4) is 0 Å². The minimum absolute atomic E-state index is 0.0710. The lowest BCUT2D eigenvalue weighted by Gasteiger charge is -2.29. The lowest BCUT2D eigenvalue weighted by atomic mass is 10.0. The fourth-order valence-electron chi connectivity index (χ4n) is 3.13. The normalized spacial score (nSPS) is 29.3. The van der Waals surface area contributed by atoms with E-state index in [1.54, 1.807) is 0 Å². The van der Waals surface area contributed by atoms with Crippen LogP contribution in [-0.4, -0.2) is 48.2 Å². The van der Waals surface area contributed by atoms with Crippen LogP contribution in [0.4, 0.5) is 0 Å². The van der Waals surface area contributed by atoms with Gasteiger partial charge in [-0.1, -0.05) is 12.8 Å². The maximum Gasteiger partial charge on any atom is 0.222 e. The van der Waals surface area contributed by atoms with Gasteiger partial charge in [0.05, 0.1) is 12.6 Å². The lowest BCUT2D eigenvalue weighted by Crippen LogP contribution is -2.42. The third-order valence-corrected chi connectivity index (χ3v) is 4.34. The maximum atomic E-state index is 12.3. The van der Waals surface area contributed by atoms with E-state index in [1.165, 1.54) is 12.8 Å². The molecule has 2 saturated heterocycles. The average molecular weight is 254 g/mol. The fourth-order valence-corrected chi connectivity index (χ4v) is 3.13. The molecule has 2 N–H and O–H groups in total. The van der Waals surface area contributed by atoms with E-state index in [1.807, 2.05) is 4.90 Å². The molecule has 0 bridgehead atoms. The van der Waals surface area contributed by atoms with Crippen molar-refractivity contribution in [1.82, 2.24) is 10.2 Å². The molecule has 2 rings (SSSR count). The number of hydrogen-bond donors (Lipinski definition) is 2. The van der Waals surface area contributed by atoms with Crippen molar-refractivity contribution in [2.24, 2.45) is 5.92 Å². The standard InChI is InChI=1S/C14H26N2O2/c17-11-13-4-2-1-3-9-16(13)14(18)6-5-12-7-8-15-10-12/h12-13,15,17H,1-11H2. The SMILES string of the molecule is O=C(CCC1CCNC1)N1CCCCCC1CO. The van der Waals surface area contributed by atoms with E-state index >= 15 is 0 Å². The maximum absolute atomic E-state index is 12.3. The summed E-state index contributed by atoms with van der Waals surface area (Å²) in [5, 5.41) is 12.8. The Morgan fingerprint density at radius 1 is 1.28 bits per heavy atom. The lowest BCUT2D eigenvalue weighted by molar-refractivity contribution is -0.134. The number of carbonyl (C=O) groups excluding carboxylic acids is 1. The van der Waals surface area contributed by atoms with Crippen molar-refractivity contribution >= 4 is 5.91 Å². The van der Waals surface area contributed by atoms with Crippen molar-refractivity contribution in [1.29, 1.82) is 0 Å². The number of aliphatic hydroxyl groups is 1. The van der Waals surface area contributed by atoms with Crippen LogP contribution in [0, 0.1) is 5.92 Å². The first kappa shape index (κ1) is 13.8. The molecule has 2 heterocycles. The molecule has 0 aromatic rings. The molecular weight excluding hydrogens is 228 g/mol. The molecule has 18 heavy (non-hydrogen) atoms. The van der Waals surface area contributed by atoms with Gasteiger partial charge in [0.1, 0.15) is 0 Å². The smallest absolute Gasteiger partial charge is 0.222 e. The van der Waals surface area contributed by atoms with Crippen LogP contribution in [0.15, 0.2) is 0 Å². The Morgan fingerprint density at radius 2 is 2.17 bits per heavy atom.